The van der Waals surface area contributed by atoms with Crippen molar-refractivity contribution in [2.24, 2.45) is 10.8 Å². The molecule has 0 aliphatic carbocycles. The lowest BCUT2D eigenvalue weighted by molar-refractivity contribution is -0.188. The molecule has 0 saturated carbocycles. The summed E-state index contributed by atoms with van der Waals surface area (Å²) < 4.78 is 5.76. The van der Waals surface area contributed by atoms with E-state index in [1.54, 1.807) is 0 Å². The van der Waals surface area contributed by atoms with Gasteiger partial charge in [0.15, 0.2) is 5.60 Å². The second-order valence-corrected chi connectivity index (χ2v) is 13.7. The van der Waals surface area contributed by atoms with Crippen molar-refractivity contribution in [1.82, 2.24) is 0 Å². The fourth-order valence-corrected chi connectivity index (χ4v) is 5.80. The number of hydrogen-bond acceptors (Lipinski definition) is 3. The zero-order valence-electron chi connectivity index (χ0n) is 26.2. The maximum absolute atomic E-state index is 13.5. The van der Waals surface area contributed by atoms with Gasteiger partial charge in [0.25, 0.3) is 0 Å². The van der Waals surface area contributed by atoms with Crippen LogP contribution >= 0.6 is 0 Å². The molecule has 1 N–H and O–H groups in total. The van der Waals surface area contributed by atoms with Gasteiger partial charge in [-0.15, -0.1) is 0 Å². The Hall–Kier alpha value is -1.35. The van der Waals surface area contributed by atoms with Gasteiger partial charge in [-0.05, 0) is 17.4 Å². The van der Waals surface area contributed by atoms with Crippen molar-refractivity contribution >= 4 is 5.97 Å². The monoisotopic (exact) mass is 530 g/mol. The van der Waals surface area contributed by atoms with Gasteiger partial charge in [-0.2, -0.15) is 0 Å². The van der Waals surface area contributed by atoms with Gasteiger partial charge in [0, 0.05) is 11.3 Å². The van der Waals surface area contributed by atoms with Crippen LogP contribution in [0.15, 0.2) is 30.3 Å². The molecule has 0 fully saturated rings. The third kappa shape index (κ3) is 12.2. The number of ether oxygens (including phenoxy) is 1. The van der Waals surface area contributed by atoms with E-state index in [1.165, 1.54) is 89.9 Å². The van der Waals surface area contributed by atoms with Gasteiger partial charge in [0.05, 0.1) is 6.61 Å². The van der Waals surface area contributed by atoms with E-state index in [9.17, 15) is 9.90 Å². The molecular formula is C35H62O3. The fourth-order valence-electron chi connectivity index (χ4n) is 5.80. The number of hydrogen-bond donors (Lipinski definition) is 1. The van der Waals surface area contributed by atoms with Crippen LogP contribution in [0.1, 0.15) is 163 Å². The summed E-state index contributed by atoms with van der Waals surface area (Å²) in [5.74, 6) is -0.871. The summed E-state index contributed by atoms with van der Waals surface area (Å²) in [4.78, 5) is 13.5. The van der Waals surface area contributed by atoms with Crippen LogP contribution in [0.25, 0.3) is 0 Å². The first kappa shape index (κ1) is 34.7. The Kier molecular flexibility index (Phi) is 16.5. The summed E-state index contributed by atoms with van der Waals surface area (Å²) in [5, 5.41) is 12.0. The first-order chi connectivity index (χ1) is 18.0. The predicted octanol–water partition coefficient (Wildman–Crippen LogP) is 10.4. The quantitative estimate of drug-likeness (QED) is 0.135. The van der Waals surface area contributed by atoms with Crippen LogP contribution < -0.4 is 0 Å². The zero-order valence-corrected chi connectivity index (χ0v) is 26.2. The standard InChI is InChI=1S/C35H62O3/c1-8-9-10-11-12-13-14-15-16-17-18-19-20-21-22-26-29-38-32(36)35(37,34(5,6)7)31(33(2,3)4)30-27-24-23-25-28-30/h23-25,27-28,31,37H,8-22,26,29H2,1-7H3/t31-,35-/m1/s1. The van der Waals surface area contributed by atoms with Gasteiger partial charge in [0.1, 0.15) is 0 Å². The van der Waals surface area contributed by atoms with E-state index < -0.39 is 17.0 Å². The van der Waals surface area contributed by atoms with Crippen molar-refractivity contribution in [3.8, 4) is 0 Å². The summed E-state index contributed by atoms with van der Waals surface area (Å²) >= 11 is 0. The molecule has 0 aliphatic rings. The molecule has 1 rings (SSSR count). The third-order valence-corrected chi connectivity index (χ3v) is 8.10. The average molecular weight is 531 g/mol. The van der Waals surface area contributed by atoms with Crippen molar-refractivity contribution < 1.29 is 14.6 Å². The molecule has 0 heterocycles. The van der Waals surface area contributed by atoms with Crippen LogP contribution in [0.4, 0.5) is 0 Å². The minimum Gasteiger partial charge on any atom is -0.464 e. The summed E-state index contributed by atoms with van der Waals surface area (Å²) in [6.45, 7) is 14.7. The largest absolute Gasteiger partial charge is 0.464 e. The van der Waals surface area contributed by atoms with E-state index in [4.69, 9.17) is 4.74 Å². The molecular weight excluding hydrogens is 468 g/mol. The second-order valence-electron chi connectivity index (χ2n) is 13.7. The molecule has 3 heteroatoms. The summed E-state index contributed by atoms with van der Waals surface area (Å²) in [5.41, 5.74) is -1.65. The average Bonchev–Trinajstić information content (AvgIpc) is 2.84. The second kappa shape index (κ2) is 18.1. The topological polar surface area (TPSA) is 46.5 Å². The molecule has 0 spiro atoms. The van der Waals surface area contributed by atoms with Crippen LogP contribution in [0, 0.1) is 10.8 Å². The van der Waals surface area contributed by atoms with E-state index in [0.717, 1.165) is 18.4 Å². The van der Waals surface area contributed by atoms with Gasteiger partial charge in [-0.3, -0.25) is 0 Å². The molecule has 0 radical (unpaired) electrons. The SMILES string of the molecule is CCCCCCCCCCCCCCCCCCOC(=O)[C@](O)([C@H](c1ccccc1)C(C)(C)C)C(C)(C)C. The zero-order chi connectivity index (χ0) is 28.5. The number of rotatable bonds is 20. The smallest absolute Gasteiger partial charge is 0.339 e. The molecule has 0 aliphatic heterocycles. The van der Waals surface area contributed by atoms with Gasteiger partial charge >= 0.3 is 5.97 Å². The fraction of sp³-hybridized carbons (Fsp3) is 0.800. The van der Waals surface area contributed by atoms with Crippen LogP contribution in [0.3, 0.4) is 0 Å². The highest BCUT2D eigenvalue weighted by Crippen LogP contribution is 2.51. The lowest BCUT2D eigenvalue weighted by atomic mass is 9.59. The number of unbranched alkanes of at least 4 members (excludes halogenated alkanes) is 15. The highest BCUT2D eigenvalue weighted by molar-refractivity contribution is 5.82. The van der Waals surface area contributed by atoms with E-state index >= 15 is 0 Å². The lowest BCUT2D eigenvalue weighted by Crippen LogP contribution is -2.58. The van der Waals surface area contributed by atoms with Gasteiger partial charge in [-0.1, -0.05) is 175 Å². The minimum atomic E-state index is -1.62. The molecule has 0 unspecified atom stereocenters. The number of esters is 1. The molecule has 0 saturated heterocycles. The third-order valence-electron chi connectivity index (χ3n) is 8.10. The molecule has 1 aromatic rings. The summed E-state index contributed by atoms with van der Waals surface area (Å²) in [7, 11) is 0. The highest BCUT2D eigenvalue weighted by atomic mass is 16.5. The normalized spacial score (nSPS) is 14.7. The molecule has 3 nitrogen and oxygen atoms in total. The molecule has 1 aromatic carbocycles. The number of carbonyl (C=O) groups is 1. The number of aliphatic hydroxyl groups is 1. The minimum absolute atomic E-state index is 0.323. The van der Waals surface area contributed by atoms with E-state index in [0.29, 0.717) is 6.61 Å². The predicted molar refractivity (Wildman–Crippen MR) is 164 cm³/mol. The van der Waals surface area contributed by atoms with E-state index in [2.05, 4.69) is 27.7 Å². The van der Waals surface area contributed by atoms with Crippen LogP contribution in [0.2, 0.25) is 0 Å². The highest BCUT2D eigenvalue weighted by Gasteiger charge is 2.57. The van der Waals surface area contributed by atoms with Crippen LogP contribution in [-0.2, 0) is 9.53 Å². The Morgan fingerprint density at radius 3 is 1.45 bits per heavy atom. The Balaban J connectivity index is 2.32. The van der Waals surface area contributed by atoms with Crippen molar-refractivity contribution in [3.05, 3.63) is 35.9 Å². The van der Waals surface area contributed by atoms with Crippen LogP contribution in [-0.4, -0.2) is 23.3 Å². The van der Waals surface area contributed by atoms with Crippen molar-refractivity contribution in [2.75, 3.05) is 6.61 Å². The van der Waals surface area contributed by atoms with Gasteiger partial charge in [0.2, 0.25) is 0 Å². The maximum Gasteiger partial charge on any atom is 0.339 e. The molecule has 0 bridgehead atoms. The van der Waals surface area contributed by atoms with Gasteiger partial charge in [-0.25, -0.2) is 4.79 Å². The molecule has 2 atom stereocenters. The molecule has 0 aromatic heterocycles. The Bertz CT molecular complexity index is 728. The maximum atomic E-state index is 13.5. The van der Waals surface area contributed by atoms with Crippen molar-refractivity contribution in [2.45, 2.75) is 163 Å². The first-order valence-electron chi connectivity index (χ1n) is 15.9. The summed E-state index contributed by atoms with van der Waals surface area (Å²) in [6.07, 6.45) is 21.0. The lowest BCUT2D eigenvalue weighted by Gasteiger charge is -2.48. The first-order valence-corrected chi connectivity index (χ1v) is 15.9. The van der Waals surface area contributed by atoms with Crippen molar-refractivity contribution in [1.29, 1.82) is 0 Å². The van der Waals surface area contributed by atoms with Crippen LogP contribution in [0.5, 0.6) is 0 Å². The Labute approximate surface area is 236 Å². The number of carbonyl (C=O) groups excluding carboxylic acids is 1. The Morgan fingerprint density at radius 1 is 0.684 bits per heavy atom. The Morgan fingerprint density at radius 2 is 1.08 bits per heavy atom. The van der Waals surface area contributed by atoms with E-state index in [-0.39, 0.29) is 11.3 Å². The summed E-state index contributed by atoms with van der Waals surface area (Å²) in [6, 6.07) is 9.93. The number of benzene rings is 1. The molecule has 220 valence electrons. The molecule has 38 heavy (non-hydrogen) atoms. The van der Waals surface area contributed by atoms with E-state index in [1.807, 2.05) is 51.1 Å². The van der Waals surface area contributed by atoms with Gasteiger partial charge < -0.3 is 9.84 Å². The molecule has 0 amide bonds. The van der Waals surface area contributed by atoms with Crippen molar-refractivity contribution in [3.63, 3.8) is 0 Å².